The van der Waals surface area contributed by atoms with E-state index in [4.69, 9.17) is 4.74 Å². The molecule has 1 heterocycles. The summed E-state index contributed by atoms with van der Waals surface area (Å²) in [6.07, 6.45) is -0.155. The normalized spacial score (nSPS) is 13.3. The summed E-state index contributed by atoms with van der Waals surface area (Å²) < 4.78 is 6.36. The molecule has 4 nitrogen and oxygen atoms in total. The molecule has 102 valence electrons. The van der Waals surface area contributed by atoms with Crippen molar-refractivity contribution in [3.8, 4) is 0 Å². The van der Waals surface area contributed by atoms with Gasteiger partial charge in [-0.05, 0) is 41.4 Å². The van der Waals surface area contributed by atoms with E-state index in [1.807, 2.05) is 20.8 Å². The predicted molar refractivity (Wildman–Crippen MR) is 80.9 cm³/mol. The number of ether oxygens (including phenoxy) is 1. The Balaban J connectivity index is 3.28. The Hall–Kier alpha value is -0.430. The van der Waals surface area contributed by atoms with Crippen molar-refractivity contribution in [2.75, 3.05) is 6.61 Å². The van der Waals surface area contributed by atoms with Crippen molar-refractivity contribution < 1.29 is 4.74 Å². The minimum Gasteiger partial charge on any atom is -0.370 e. The Morgan fingerprint density at radius 3 is 2.39 bits per heavy atom. The van der Waals surface area contributed by atoms with Gasteiger partial charge in [-0.3, -0.25) is 4.79 Å². The van der Waals surface area contributed by atoms with Gasteiger partial charge in [-0.25, -0.2) is 4.98 Å². The number of aromatic amines is 1. The number of hydrogen-bond donors (Lipinski definition) is 1. The Labute approximate surface area is 122 Å². The number of nitrogens with one attached hydrogen (secondary N) is 1. The summed E-state index contributed by atoms with van der Waals surface area (Å²) in [4.78, 5) is 19.4. The largest absolute Gasteiger partial charge is 0.370 e. The van der Waals surface area contributed by atoms with E-state index < -0.39 is 0 Å². The minimum atomic E-state index is -0.155. The molecule has 0 aliphatic rings. The molecular weight excluding hydrogens is 343 g/mol. The highest BCUT2D eigenvalue weighted by atomic mass is 127. The van der Waals surface area contributed by atoms with Gasteiger partial charge in [-0.15, -0.1) is 0 Å². The highest BCUT2D eigenvalue weighted by molar-refractivity contribution is 14.1. The molecule has 1 atom stereocenters. The van der Waals surface area contributed by atoms with Crippen LogP contribution in [0.5, 0.6) is 0 Å². The summed E-state index contributed by atoms with van der Waals surface area (Å²) in [7, 11) is 0. The Morgan fingerprint density at radius 1 is 1.33 bits per heavy atom. The third kappa shape index (κ3) is 3.54. The first-order chi connectivity index (χ1) is 8.38. The van der Waals surface area contributed by atoms with Gasteiger partial charge in [0.2, 0.25) is 0 Å². The molecule has 1 aromatic heterocycles. The van der Waals surface area contributed by atoms with Crippen LogP contribution in [-0.2, 0) is 4.74 Å². The summed E-state index contributed by atoms with van der Waals surface area (Å²) >= 11 is 2.05. The van der Waals surface area contributed by atoms with Gasteiger partial charge in [0.1, 0.15) is 11.9 Å². The van der Waals surface area contributed by atoms with E-state index in [1.54, 1.807) is 0 Å². The fraction of sp³-hybridized carbons (Fsp3) is 0.692. The van der Waals surface area contributed by atoms with E-state index in [-0.39, 0.29) is 23.5 Å². The van der Waals surface area contributed by atoms with Crippen LogP contribution in [0.2, 0.25) is 0 Å². The van der Waals surface area contributed by atoms with Gasteiger partial charge < -0.3 is 9.72 Å². The lowest BCUT2D eigenvalue weighted by Gasteiger charge is -2.21. The molecule has 0 fully saturated rings. The van der Waals surface area contributed by atoms with E-state index in [0.717, 1.165) is 5.69 Å². The average Bonchev–Trinajstić information content (AvgIpc) is 2.28. The zero-order valence-electron chi connectivity index (χ0n) is 11.6. The molecule has 1 rings (SSSR count). The molecule has 0 aromatic carbocycles. The summed E-state index contributed by atoms with van der Waals surface area (Å²) in [6.45, 7) is 10.8. The number of nitrogens with zero attached hydrogens (tertiary/aromatic N) is 1. The number of aromatic nitrogens is 2. The Bertz CT molecular complexity index is 455. The zero-order chi connectivity index (χ0) is 13.9. The first kappa shape index (κ1) is 15.6. The first-order valence-corrected chi connectivity index (χ1v) is 7.37. The molecule has 18 heavy (non-hydrogen) atoms. The second-order valence-corrected chi connectivity index (χ2v) is 6.00. The van der Waals surface area contributed by atoms with Crippen LogP contribution in [0.3, 0.4) is 0 Å². The van der Waals surface area contributed by atoms with Crippen LogP contribution in [0, 0.1) is 9.49 Å². The van der Waals surface area contributed by atoms with Crippen LogP contribution in [-0.4, -0.2) is 16.6 Å². The molecular formula is C13H21IN2O2. The maximum atomic E-state index is 11.9. The summed E-state index contributed by atoms with van der Waals surface area (Å²) in [5.41, 5.74) is 0.773. The Kier molecular flexibility index (Phi) is 5.78. The van der Waals surface area contributed by atoms with Crippen molar-refractivity contribution in [3.63, 3.8) is 0 Å². The van der Waals surface area contributed by atoms with E-state index in [1.165, 1.54) is 0 Å². The van der Waals surface area contributed by atoms with Crippen molar-refractivity contribution >= 4 is 22.6 Å². The third-order valence-electron chi connectivity index (χ3n) is 2.67. The zero-order valence-corrected chi connectivity index (χ0v) is 13.7. The van der Waals surface area contributed by atoms with Crippen molar-refractivity contribution in [2.45, 2.75) is 46.6 Å². The van der Waals surface area contributed by atoms with E-state index >= 15 is 0 Å². The maximum Gasteiger partial charge on any atom is 0.264 e. The topological polar surface area (TPSA) is 55.0 Å². The molecule has 0 spiro atoms. The predicted octanol–water partition coefficient (Wildman–Crippen LogP) is 3.23. The summed E-state index contributed by atoms with van der Waals surface area (Å²) in [6, 6.07) is 0. The van der Waals surface area contributed by atoms with Gasteiger partial charge in [0.05, 0.1) is 9.26 Å². The Morgan fingerprint density at radius 2 is 1.94 bits per heavy atom. The van der Waals surface area contributed by atoms with Gasteiger partial charge in [0.25, 0.3) is 5.56 Å². The molecule has 0 radical (unpaired) electrons. The lowest BCUT2D eigenvalue weighted by Crippen LogP contribution is -2.24. The van der Waals surface area contributed by atoms with Crippen LogP contribution in [0.25, 0.3) is 0 Å². The quantitative estimate of drug-likeness (QED) is 0.817. The van der Waals surface area contributed by atoms with Crippen molar-refractivity contribution in [1.82, 2.24) is 9.97 Å². The van der Waals surface area contributed by atoms with Crippen LogP contribution < -0.4 is 5.56 Å². The van der Waals surface area contributed by atoms with Crippen molar-refractivity contribution in [3.05, 3.63) is 25.4 Å². The van der Waals surface area contributed by atoms with Gasteiger partial charge in [0.15, 0.2) is 0 Å². The second kappa shape index (κ2) is 6.65. The van der Waals surface area contributed by atoms with E-state index in [2.05, 4.69) is 46.4 Å². The standard InChI is InChI=1S/C13H21IN2O2/c1-6-18-11(8(4)5)12-15-10(7(2)3)9(14)13(17)16-12/h7-8,11H,6H2,1-5H3,(H,15,16,17). The van der Waals surface area contributed by atoms with Crippen LogP contribution >= 0.6 is 22.6 Å². The van der Waals surface area contributed by atoms with E-state index in [0.29, 0.717) is 16.0 Å². The molecule has 1 aromatic rings. The molecule has 5 heteroatoms. The summed E-state index contributed by atoms with van der Waals surface area (Å²) in [5.74, 6) is 1.14. The van der Waals surface area contributed by atoms with Crippen LogP contribution in [0.1, 0.15) is 58.2 Å². The minimum absolute atomic E-state index is 0.0744. The highest BCUT2D eigenvalue weighted by Crippen LogP contribution is 2.24. The fourth-order valence-corrected chi connectivity index (χ4v) is 2.66. The monoisotopic (exact) mass is 364 g/mol. The number of halogens is 1. The average molecular weight is 364 g/mol. The lowest BCUT2D eigenvalue weighted by atomic mass is 10.1. The number of rotatable bonds is 5. The molecule has 1 unspecified atom stereocenters. The molecule has 0 bridgehead atoms. The first-order valence-electron chi connectivity index (χ1n) is 6.29. The van der Waals surface area contributed by atoms with Crippen molar-refractivity contribution in [1.29, 1.82) is 0 Å². The molecule has 0 aliphatic heterocycles. The lowest BCUT2D eigenvalue weighted by molar-refractivity contribution is 0.0228. The van der Waals surface area contributed by atoms with Crippen molar-refractivity contribution in [2.24, 2.45) is 5.92 Å². The second-order valence-electron chi connectivity index (χ2n) is 4.93. The smallest absolute Gasteiger partial charge is 0.264 e. The number of H-pyrrole nitrogens is 1. The SMILES string of the molecule is CCOC(c1nc(C(C)C)c(I)c(=O)[nH]1)C(C)C. The van der Waals surface area contributed by atoms with Crippen LogP contribution in [0.15, 0.2) is 4.79 Å². The third-order valence-corrected chi connectivity index (χ3v) is 3.72. The highest BCUT2D eigenvalue weighted by Gasteiger charge is 2.21. The molecule has 0 aliphatic carbocycles. The number of hydrogen-bond acceptors (Lipinski definition) is 3. The fourth-order valence-electron chi connectivity index (χ4n) is 1.78. The molecule has 1 N–H and O–H groups in total. The van der Waals surface area contributed by atoms with Gasteiger partial charge in [-0.1, -0.05) is 27.7 Å². The van der Waals surface area contributed by atoms with E-state index in [9.17, 15) is 4.79 Å². The molecule has 0 saturated heterocycles. The maximum absolute atomic E-state index is 11.9. The van der Waals surface area contributed by atoms with Crippen LogP contribution in [0.4, 0.5) is 0 Å². The molecule has 0 saturated carbocycles. The van der Waals surface area contributed by atoms with Gasteiger partial charge >= 0.3 is 0 Å². The molecule has 0 amide bonds. The summed E-state index contributed by atoms with van der Waals surface area (Å²) in [5, 5.41) is 0. The van der Waals surface area contributed by atoms with Gasteiger partial charge in [-0.2, -0.15) is 0 Å². The van der Waals surface area contributed by atoms with Gasteiger partial charge in [0, 0.05) is 6.61 Å².